The molecule has 1 nitrogen and oxygen atoms in total. The average molecular weight is 272 g/mol. The molecule has 0 saturated carbocycles. The maximum absolute atomic E-state index is 12.9. The van der Waals surface area contributed by atoms with Gasteiger partial charge in [0.05, 0.1) is 0 Å². The standard InChI is InChI=1S/C12H15BrFN/c1-2-3-4-7-15-9-10-8-11(14)5-6-12(10)13/h2,5-6,8,15H,1,3-4,7,9H2. The summed E-state index contributed by atoms with van der Waals surface area (Å²) in [5, 5.41) is 3.26. The molecule has 1 aromatic rings. The molecule has 15 heavy (non-hydrogen) atoms. The third-order valence-electron chi connectivity index (χ3n) is 2.09. The van der Waals surface area contributed by atoms with Crippen molar-refractivity contribution < 1.29 is 4.39 Å². The molecule has 3 heteroatoms. The fourth-order valence-electron chi connectivity index (χ4n) is 1.27. The highest BCUT2D eigenvalue weighted by Crippen LogP contribution is 2.17. The van der Waals surface area contributed by atoms with Crippen LogP contribution in [0.4, 0.5) is 4.39 Å². The van der Waals surface area contributed by atoms with E-state index in [-0.39, 0.29) is 5.82 Å². The predicted octanol–water partition coefficient (Wildman–Crippen LogP) is 3.64. The van der Waals surface area contributed by atoms with Crippen molar-refractivity contribution in [2.24, 2.45) is 0 Å². The van der Waals surface area contributed by atoms with Gasteiger partial charge in [-0.2, -0.15) is 0 Å². The summed E-state index contributed by atoms with van der Waals surface area (Å²) in [5.74, 6) is -0.193. The SMILES string of the molecule is C=CCCCNCc1cc(F)ccc1Br. The average Bonchev–Trinajstić information content (AvgIpc) is 2.23. The molecular formula is C12H15BrFN. The Balaban J connectivity index is 2.36. The molecule has 0 unspecified atom stereocenters. The van der Waals surface area contributed by atoms with Gasteiger partial charge in [-0.1, -0.05) is 22.0 Å². The van der Waals surface area contributed by atoms with Crippen LogP contribution in [0.15, 0.2) is 35.3 Å². The Kier molecular flexibility index (Phi) is 5.58. The van der Waals surface area contributed by atoms with E-state index in [2.05, 4.69) is 27.8 Å². The molecule has 0 heterocycles. The van der Waals surface area contributed by atoms with Crippen LogP contribution in [0.1, 0.15) is 18.4 Å². The van der Waals surface area contributed by atoms with Crippen LogP contribution in [0.3, 0.4) is 0 Å². The lowest BCUT2D eigenvalue weighted by Crippen LogP contribution is -2.14. The van der Waals surface area contributed by atoms with Crippen LogP contribution in [0.25, 0.3) is 0 Å². The first-order valence-corrected chi connectivity index (χ1v) is 5.79. The summed E-state index contributed by atoms with van der Waals surface area (Å²) in [6.07, 6.45) is 3.98. The molecule has 1 aromatic carbocycles. The Hall–Kier alpha value is -0.670. The molecular weight excluding hydrogens is 257 g/mol. The lowest BCUT2D eigenvalue weighted by atomic mass is 10.2. The first-order valence-electron chi connectivity index (χ1n) is 4.99. The Morgan fingerprint density at radius 1 is 1.47 bits per heavy atom. The van der Waals surface area contributed by atoms with Crippen LogP contribution >= 0.6 is 15.9 Å². The molecule has 0 bridgehead atoms. The summed E-state index contributed by atoms with van der Waals surface area (Å²) in [4.78, 5) is 0. The number of benzene rings is 1. The van der Waals surface area contributed by atoms with E-state index >= 15 is 0 Å². The van der Waals surface area contributed by atoms with E-state index in [1.807, 2.05) is 6.08 Å². The van der Waals surface area contributed by atoms with E-state index in [1.54, 1.807) is 12.1 Å². The van der Waals surface area contributed by atoms with Gasteiger partial charge in [0.2, 0.25) is 0 Å². The summed E-state index contributed by atoms with van der Waals surface area (Å²) < 4.78 is 13.9. The molecule has 1 N–H and O–H groups in total. The van der Waals surface area contributed by atoms with E-state index < -0.39 is 0 Å². The van der Waals surface area contributed by atoms with E-state index in [9.17, 15) is 4.39 Å². The van der Waals surface area contributed by atoms with Crippen LogP contribution in [0.5, 0.6) is 0 Å². The van der Waals surface area contributed by atoms with Crippen molar-refractivity contribution in [1.29, 1.82) is 0 Å². The number of halogens is 2. The summed E-state index contributed by atoms with van der Waals surface area (Å²) in [7, 11) is 0. The predicted molar refractivity (Wildman–Crippen MR) is 65.2 cm³/mol. The van der Waals surface area contributed by atoms with Crippen molar-refractivity contribution >= 4 is 15.9 Å². The number of unbranched alkanes of at least 4 members (excludes halogenated alkanes) is 1. The Morgan fingerprint density at radius 3 is 3.00 bits per heavy atom. The van der Waals surface area contributed by atoms with Gasteiger partial charge in [0.1, 0.15) is 5.82 Å². The number of allylic oxidation sites excluding steroid dienone is 1. The summed E-state index contributed by atoms with van der Waals surface area (Å²) in [6, 6.07) is 4.73. The summed E-state index contributed by atoms with van der Waals surface area (Å²) in [6.45, 7) is 5.27. The Bertz CT molecular complexity index is 325. The fourth-order valence-corrected chi connectivity index (χ4v) is 1.66. The van der Waals surface area contributed by atoms with Gasteiger partial charge >= 0.3 is 0 Å². The second-order valence-electron chi connectivity index (χ2n) is 3.34. The molecule has 0 aliphatic heterocycles. The minimum absolute atomic E-state index is 0.193. The van der Waals surface area contributed by atoms with Gasteiger partial charge in [0.25, 0.3) is 0 Å². The monoisotopic (exact) mass is 271 g/mol. The van der Waals surface area contributed by atoms with Crippen molar-refractivity contribution in [3.63, 3.8) is 0 Å². The zero-order valence-corrected chi connectivity index (χ0v) is 10.2. The second kappa shape index (κ2) is 6.75. The van der Waals surface area contributed by atoms with Gasteiger partial charge in [0.15, 0.2) is 0 Å². The maximum atomic E-state index is 12.9. The highest BCUT2D eigenvalue weighted by Gasteiger charge is 2.00. The minimum Gasteiger partial charge on any atom is -0.313 e. The molecule has 0 aromatic heterocycles. The van der Waals surface area contributed by atoms with Gasteiger partial charge in [-0.25, -0.2) is 4.39 Å². The first kappa shape index (κ1) is 12.4. The molecule has 0 aliphatic rings. The lowest BCUT2D eigenvalue weighted by molar-refractivity contribution is 0.616. The molecule has 1 rings (SSSR count). The quantitative estimate of drug-likeness (QED) is 0.615. The van der Waals surface area contributed by atoms with E-state index in [0.29, 0.717) is 6.54 Å². The molecule has 0 atom stereocenters. The first-order chi connectivity index (χ1) is 7.24. The van der Waals surface area contributed by atoms with E-state index in [4.69, 9.17) is 0 Å². The lowest BCUT2D eigenvalue weighted by Gasteiger charge is -2.06. The summed E-state index contributed by atoms with van der Waals surface area (Å²) >= 11 is 3.39. The van der Waals surface area contributed by atoms with Crippen LogP contribution in [-0.4, -0.2) is 6.54 Å². The zero-order valence-electron chi connectivity index (χ0n) is 8.60. The fraction of sp³-hybridized carbons (Fsp3) is 0.333. The molecule has 0 fully saturated rings. The van der Waals surface area contributed by atoms with Crippen LogP contribution in [0.2, 0.25) is 0 Å². The third kappa shape index (κ3) is 4.58. The smallest absolute Gasteiger partial charge is 0.123 e. The van der Waals surface area contributed by atoms with Crippen molar-refractivity contribution in [3.05, 3.63) is 46.7 Å². The molecule has 0 amide bonds. The largest absolute Gasteiger partial charge is 0.313 e. The molecule has 0 saturated heterocycles. The van der Waals surface area contributed by atoms with Crippen molar-refractivity contribution in [2.45, 2.75) is 19.4 Å². The Morgan fingerprint density at radius 2 is 2.27 bits per heavy atom. The molecule has 0 aliphatic carbocycles. The van der Waals surface area contributed by atoms with Crippen molar-refractivity contribution in [1.82, 2.24) is 5.32 Å². The van der Waals surface area contributed by atoms with Crippen LogP contribution < -0.4 is 5.32 Å². The van der Waals surface area contributed by atoms with Crippen molar-refractivity contribution in [3.8, 4) is 0 Å². The second-order valence-corrected chi connectivity index (χ2v) is 4.20. The number of hydrogen-bond donors (Lipinski definition) is 1. The Labute approximate surface area is 98.5 Å². The topological polar surface area (TPSA) is 12.0 Å². The number of rotatable bonds is 6. The molecule has 82 valence electrons. The molecule has 0 radical (unpaired) electrons. The van der Waals surface area contributed by atoms with Crippen molar-refractivity contribution in [2.75, 3.05) is 6.54 Å². The third-order valence-corrected chi connectivity index (χ3v) is 2.86. The molecule has 0 spiro atoms. The van der Waals surface area contributed by atoms with Gasteiger partial charge in [-0.05, 0) is 43.1 Å². The minimum atomic E-state index is -0.193. The highest BCUT2D eigenvalue weighted by molar-refractivity contribution is 9.10. The number of nitrogens with one attached hydrogen (secondary N) is 1. The summed E-state index contributed by atoms with van der Waals surface area (Å²) in [5.41, 5.74) is 0.952. The van der Waals surface area contributed by atoms with Gasteiger partial charge in [0, 0.05) is 11.0 Å². The van der Waals surface area contributed by atoms with E-state index in [1.165, 1.54) is 6.07 Å². The van der Waals surface area contributed by atoms with Gasteiger partial charge in [-0.15, -0.1) is 6.58 Å². The zero-order chi connectivity index (χ0) is 11.1. The maximum Gasteiger partial charge on any atom is 0.123 e. The normalized spacial score (nSPS) is 10.3. The van der Waals surface area contributed by atoms with Crippen LogP contribution in [0, 0.1) is 5.82 Å². The highest BCUT2D eigenvalue weighted by atomic mass is 79.9. The van der Waals surface area contributed by atoms with Gasteiger partial charge in [-0.3, -0.25) is 0 Å². The van der Waals surface area contributed by atoms with E-state index in [0.717, 1.165) is 29.4 Å². The van der Waals surface area contributed by atoms with Gasteiger partial charge < -0.3 is 5.32 Å². The van der Waals surface area contributed by atoms with Crippen LogP contribution in [-0.2, 0) is 6.54 Å². The number of hydrogen-bond acceptors (Lipinski definition) is 1.